The third-order valence-corrected chi connectivity index (χ3v) is 5.90. The maximum atomic E-state index is 14.9. The third-order valence-electron chi connectivity index (χ3n) is 5.90. The number of nitrogens with zero attached hydrogens (tertiary/aromatic N) is 2. The second-order valence-electron chi connectivity index (χ2n) is 8.31. The Hall–Kier alpha value is -3.58. The van der Waals surface area contributed by atoms with Gasteiger partial charge in [-0.3, -0.25) is 4.90 Å². The lowest BCUT2D eigenvalue weighted by molar-refractivity contribution is -0.0363. The first kappa shape index (κ1) is 20.3. The van der Waals surface area contributed by atoms with Crippen molar-refractivity contribution in [2.75, 3.05) is 19.6 Å². The molecule has 0 bridgehead atoms. The smallest absolute Gasteiger partial charge is 0.450 e. The van der Waals surface area contributed by atoms with E-state index in [-0.39, 0.29) is 11.9 Å². The lowest BCUT2D eigenvalue weighted by atomic mass is 10.0. The zero-order chi connectivity index (χ0) is 22.1. The van der Waals surface area contributed by atoms with Crippen LogP contribution in [0.15, 0.2) is 78.3 Å². The van der Waals surface area contributed by atoms with E-state index in [1.54, 1.807) is 12.1 Å². The van der Waals surface area contributed by atoms with Crippen LogP contribution in [0, 0.1) is 5.82 Å². The summed E-state index contributed by atoms with van der Waals surface area (Å²) < 4.78 is 19.6. The molecule has 3 aliphatic heterocycles. The molecule has 0 aliphatic carbocycles. The number of likely N-dealkylation sites (tertiary alicyclic amines) is 1. The topological polar surface area (TPSA) is 65.0 Å². The normalized spacial score (nSPS) is 18.2. The van der Waals surface area contributed by atoms with Gasteiger partial charge in [-0.05, 0) is 41.3 Å². The van der Waals surface area contributed by atoms with Gasteiger partial charge in [-0.2, -0.15) is 0 Å². The SMILES string of the molecule is O=C(O)OC1CN(Cc2ccc(C3=CN4CC=C(Cc5ccccc5)C=C4N3)c(F)c2)C1. The van der Waals surface area contributed by atoms with Crippen LogP contribution in [0.5, 0.6) is 0 Å². The monoisotopic (exact) mass is 433 g/mol. The number of carboxylic acid groups (broad SMARTS) is 1. The summed E-state index contributed by atoms with van der Waals surface area (Å²) in [6.45, 7) is 2.37. The van der Waals surface area contributed by atoms with Crippen molar-refractivity contribution in [3.8, 4) is 0 Å². The van der Waals surface area contributed by atoms with Crippen molar-refractivity contribution < 1.29 is 19.0 Å². The van der Waals surface area contributed by atoms with E-state index in [0.717, 1.165) is 30.0 Å². The van der Waals surface area contributed by atoms with Gasteiger partial charge in [0.2, 0.25) is 0 Å². The molecule has 0 amide bonds. The average molecular weight is 433 g/mol. The summed E-state index contributed by atoms with van der Waals surface area (Å²) in [5.74, 6) is 0.681. The van der Waals surface area contributed by atoms with E-state index in [1.165, 1.54) is 11.1 Å². The number of nitrogens with one attached hydrogen (secondary N) is 1. The quantitative estimate of drug-likeness (QED) is 0.673. The van der Waals surface area contributed by atoms with Crippen LogP contribution in [-0.2, 0) is 17.7 Å². The number of benzene rings is 2. The highest BCUT2D eigenvalue weighted by atomic mass is 19.1. The Morgan fingerprint density at radius 1 is 1.16 bits per heavy atom. The number of allylic oxidation sites excluding steroid dienone is 2. The highest BCUT2D eigenvalue weighted by molar-refractivity contribution is 5.69. The number of carbonyl (C=O) groups is 1. The minimum Gasteiger partial charge on any atom is -0.450 e. The molecule has 0 unspecified atom stereocenters. The van der Waals surface area contributed by atoms with Crippen LogP contribution >= 0.6 is 0 Å². The second-order valence-corrected chi connectivity index (χ2v) is 8.31. The van der Waals surface area contributed by atoms with Crippen LogP contribution < -0.4 is 5.32 Å². The Bertz CT molecular complexity index is 1120. The van der Waals surface area contributed by atoms with Crippen molar-refractivity contribution in [3.05, 3.63) is 101 Å². The van der Waals surface area contributed by atoms with Crippen molar-refractivity contribution in [3.63, 3.8) is 0 Å². The lowest BCUT2D eigenvalue weighted by Crippen LogP contribution is -2.52. The molecule has 3 heterocycles. The molecule has 1 saturated heterocycles. The fourth-order valence-electron chi connectivity index (χ4n) is 4.28. The number of fused-ring (bicyclic) bond motifs is 1. The van der Waals surface area contributed by atoms with Crippen LogP contribution in [0.3, 0.4) is 0 Å². The van der Waals surface area contributed by atoms with E-state index in [1.807, 2.05) is 35.4 Å². The summed E-state index contributed by atoms with van der Waals surface area (Å²) in [7, 11) is 0. The highest BCUT2D eigenvalue weighted by Gasteiger charge is 2.30. The van der Waals surface area contributed by atoms with E-state index in [9.17, 15) is 9.18 Å². The van der Waals surface area contributed by atoms with Gasteiger partial charge in [0.1, 0.15) is 17.7 Å². The van der Waals surface area contributed by atoms with Crippen LogP contribution in [-0.4, -0.2) is 46.8 Å². The minimum absolute atomic E-state index is 0.280. The van der Waals surface area contributed by atoms with Crippen molar-refractivity contribution >= 4 is 11.9 Å². The molecule has 5 rings (SSSR count). The summed E-state index contributed by atoms with van der Waals surface area (Å²) in [5, 5.41) is 12.0. The van der Waals surface area contributed by atoms with E-state index in [2.05, 4.69) is 34.5 Å². The van der Waals surface area contributed by atoms with Crippen LogP contribution in [0.1, 0.15) is 16.7 Å². The Kier molecular flexibility index (Phi) is 5.41. The average Bonchev–Trinajstić information content (AvgIpc) is 3.16. The Labute approximate surface area is 185 Å². The maximum absolute atomic E-state index is 14.9. The fraction of sp³-hybridized carbons (Fsp3) is 0.240. The number of halogens is 1. The van der Waals surface area contributed by atoms with E-state index >= 15 is 0 Å². The van der Waals surface area contributed by atoms with Gasteiger partial charge in [0, 0.05) is 37.9 Å². The molecule has 1 fully saturated rings. The Morgan fingerprint density at radius 3 is 2.72 bits per heavy atom. The molecule has 7 heteroatoms. The fourth-order valence-corrected chi connectivity index (χ4v) is 4.28. The summed E-state index contributed by atoms with van der Waals surface area (Å²) in [5.41, 5.74) is 4.63. The highest BCUT2D eigenvalue weighted by Crippen LogP contribution is 2.29. The zero-order valence-corrected chi connectivity index (χ0v) is 17.5. The molecule has 6 nitrogen and oxygen atoms in total. The number of rotatable bonds is 6. The van der Waals surface area contributed by atoms with Gasteiger partial charge in [0.15, 0.2) is 0 Å². The van der Waals surface area contributed by atoms with E-state index in [4.69, 9.17) is 9.84 Å². The molecular formula is C25H24FN3O3. The van der Waals surface area contributed by atoms with Gasteiger partial charge in [-0.15, -0.1) is 0 Å². The zero-order valence-electron chi connectivity index (χ0n) is 17.5. The van der Waals surface area contributed by atoms with Gasteiger partial charge in [0.05, 0.1) is 5.70 Å². The van der Waals surface area contributed by atoms with Crippen molar-refractivity contribution in [1.29, 1.82) is 0 Å². The van der Waals surface area contributed by atoms with Gasteiger partial charge >= 0.3 is 6.16 Å². The maximum Gasteiger partial charge on any atom is 0.506 e. The molecular weight excluding hydrogens is 409 g/mol. The van der Waals surface area contributed by atoms with Crippen molar-refractivity contribution in [1.82, 2.24) is 15.1 Å². The molecule has 0 aromatic heterocycles. The summed E-state index contributed by atoms with van der Waals surface area (Å²) in [6.07, 6.45) is 5.58. The summed E-state index contributed by atoms with van der Waals surface area (Å²) in [6, 6.07) is 15.6. The molecule has 2 N–H and O–H groups in total. The molecule has 0 radical (unpaired) electrons. The number of hydrogen-bond donors (Lipinski definition) is 2. The van der Waals surface area contributed by atoms with Crippen molar-refractivity contribution in [2.45, 2.75) is 19.1 Å². The number of ether oxygens (including phenoxy) is 1. The largest absolute Gasteiger partial charge is 0.506 e. The molecule has 0 spiro atoms. The lowest BCUT2D eigenvalue weighted by Gasteiger charge is -2.37. The van der Waals surface area contributed by atoms with Gasteiger partial charge in [-0.25, -0.2) is 9.18 Å². The summed E-state index contributed by atoms with van der Waals surface area (Å²) >= 11 is 0. The molecule has 0 atom stereocenters. The first-order valence-corrected chi connectivity index (χ1v) is 10.6. The molecule has 0 saturated carbocycles. The predicted octanol–water partition coefficient (Wildman–Crippen LogP) is 3.93. The molecule has 164 valence electrons. The molecule has 2 aromatic rings. The molecule has 32 heavy (non-hydrogen) atoms. The first-order chi connectivity index (χ1) is 15.5. The van der Waals surface area contributed by atoms with Crippen LogP contribution in [0.4, 0.5) is 9.18 Å². The Morgan fingerprint density at radius 2 is 1.97 bits per heavy atom. The van der Waals surface area contributed by atoms with Gasteiger partial charge in [0.25, 0.3) is 0 Å². The van der Waals surface area contributed by atoms with Crippen molar-refractivity contribution in [2.24, 2.45) is 0 Å². The van der Waals surface area contributed by atoms with Crippen LogP contribution in [0.25, 0.3) is 5.70 Å². The van der Waals surface area contributed by atoms with Gasteiger partial charge < -0.3 is 20.1 Å². The number of hydrogen-bond acceptors (Lipinski definition) is 5. The standard InChI is InChI=1S/C25H24FN3O3/c26-22-11-19(13-28-14-20(15-28)32-25(30)31)6-7-21(22)23-16-29-9-8-18(12-24(29)27-23)10-17-4-2-1-3-5-17/h1-8,11-12,16,20,27H,9-10,13-15H2,(H,30,31). The summed E-state index contributed by atoms with van der Waals surface area (Å²) in [4.78, 5) is 14.7. The predicted molar refractivity (Wildman–Crippen MR) is 119 cm³/mol. The Balaban J connectivity index is 1.21. The van der Waals surface area contributed by atoms with Crippen LogP contribution in [0.2, 0.25) is 0 Å². The molecule has 2 aromatic carbocycles. The van der Waals surface area contributed by atoms with E-state index < -0.39 is 6.16 Å². The third kappa shape index (κ3) is 4.38. The van der Waals surface area contributed by atoms with E-state index in [0.29, 0.717) is 25.2 Å². The first-order valence-electron chi connectivity index (χ1n) is 10.6. The van der Waals surface area contributed by atoms with Gasteiger partial charge in [-0.1, -0.05) is 42.5 Å². The minimum atomic E-state index is -1.25. The molecule has 3 aliphatic rings. The second kappa shape index (κ2) is 8.51.